The minimum absolute atomic E-state index is 0.524. The lowest BCUT2D eigenvalue weighted by Gasteiger charge is -2.11. The summed E-state index contributed by atoms with van der Waals surface area (Å²) < 4.78 is 5.56. The molecule has 0 aliphatic carbocycles. The van der Waals surface area contributed by atoms with Gasteiger partial charge in [-0.15, -0.1) is 0 Å². The Morgan fingerprint density at radius 2 is 2.20 bits per heavy atom. The highest BCUT2D eigenvalue weighted by Crippen LogP contribution is 2.26. The van der Waals surface area contributed by atoms with Gasteiger partial charge in [0.1, 0.15) is 5.75 Å². The third kappa shape index (κ3) is 3.24. The van der Waals surface area contributed by atoms with E-state index in [1.54, 1.807) is 12.1 Å². The van der Waals surface area contributed by atoms with Crippen LogP contribution in [0.5, 0.6) is 5.75 Å². The summed E-state index contributed by atoms with van der Waals surface area (Å²) in [5.74, 6) is 0.655. The van der Waals surface area contributed by atoms with Crippen LogP contribution in [-0.2, 0) is 0 Å². The molecule has 0 N–H and O–H groups in total. The van der Waals surface area contributed by atoms with Crippen molar-refractivity contribution in [3.8, 4) is 5.75 Å². The number of rotatable bonds is 5. The summed E-state index contributed by atoms with van der Waals surface area (Å²) in [4.78, 5) is 10.8. The molecule has 0 fully saturated rings. The Hall–Kier alpha value is -1.02. The second-order valence-corrected chi connectivity index (χ2v) is 3.90. The largest absolute Gasteiger partial charge is 0.493 e. The molecule has 15 heavy (non-hydrogen) atoms. The first kappa shape index (κ1) is 12.1. The van der Waals surface area contributed by atoms with Crippen LogP contribution < -0.4 is 4.74 Å². The van der Waals surface area contributed by atoms with Gasteiger partial charge in [-0.25, -0.2) is 0 Å². The van der Waals surface area contributed by atoms with Gasteiger partial charge in [0.2, 0.25) is 0 Å². The number of aldehydes is 1. The van der Waals surface area contributed by atoms with Crippen LogP contribution in [0.15, 0.2) is 12.1 Å². The van der Waals surface area contributed by atoms with Crippen molar-refractivity contribution in [2.24, 2.45) is 0 Å². The Bertz CT molecular complexity index is 348. The van der Waals surface area contributed by atoms with E-state index < -0.39 is 0 Å². The van der Waals surface area contributed by atoms with Crippen LogP contribution >= 0.6 is 11.6 Å². The average Bonchev–Trinajstić information content (AvgIpc) is 2.20. The minimum atomic E-state index is 0.524. The van der Waals surface area contributed by atoms with Gasteiger partial charge < -0.3 is 4.74 Å². The van der Waals surface area contributed by atoms with E-state index in [9.17, 15) is 4.79 Å². The first-order valence-corrected chi connectivity index (χ1v) is 5.45. The van der Waals surface area contributed by atoms with Crippen molar-refractivity contribution >= 4 is 17.9 Å². The predicted molar refractivity (Wildman–Crippen MR) is 62.0 cm³/mol. The van der Waals surface area contributed by atoms with Gasteiger partial charge in [0.25, 0.3) is 0 Å². The second kappa shape index (κ2) is 5.76. The number of hydrogen-bond donors (Lipinski definition) is 0. The number of hydrogen-bond acceptors (Lipinski definition) is 2. The van der Waals surface area contributed by atoms with E-state index in [1.165, 1.54) is 0 Å². The molecule has 0 aromatic heterocycles. The maximum atomic E-state index is 10.8. The van der Waals surface area contributed by atoms with Crippen LogP contribution in [0, 0.1) is 6.92 Å². The zero-order valence-corrected chi connectivity index (χ0v) is 9.80. The van der Waals surface area contributed by atoms with Crippen molar-refractivity contribution < 1.29 is 9.53 Å². The zero-order chi connectivity index (χ0) is 11.3. The highest BCUT2D eigenvalue weighted by Gasteiger charge is 2.08. The molecular weight excluding hydrogens is 212 g/mol. The van der Waals surface area contributed by atoms with Crippen molar-refractivity contribution in [1.82, 2.24) is 0 Å². The predicted octanol–water partition coefficient (Wildman–Crippen LogP) is 3.64. The summed E-state index contributed by atoms with van der Waals surface area (Å²) >= 11 is 5.85. The first-order valence-electron chi connectivity index (χ1n) is 5.07. The summed E-state index contributed by atoms with van der Waals surface area (Å²) in [7, 11) is 0. The minimum Gasteiger partial charge on any atom is -0.493 e. The number of halogens is 1. The van der Waals surface area contributed by atoms with Gasteiger partial charge in [-0.3, -0.25) is 4.79 Å². The smallest absolute Gasteiger partial charge is 0.153 e. The summed E-state index contributed by atoms with van der Waals surface area (Å²) in [6.07, 6.45) is 2.84. The molecule has 0 atom stereocenters. The molecule has 0 saturated heterocycles. The molecule has 0 unspecified atom stereocenters. The highest BCUT2D eigenvalue weighted by atomic mass is 35.5. The molecule has 0 bridgehead atoms. The first-order chi connectivity index (χ1) is 7.19. The Morgan fingerprint density at radius 3 is 2.80 bits per heavy atom. The topological polar surface area (TPSA) is 26.3 Å². The third-order valence-electron chi connectivity index (χ3n) is 2.14. The van der Waals surface area contributed by atoms with Crippen molar-refractivity contribution in [3.05, 3.63) is 28.3 Å². The lowest BCUT2D eigenvalue weighted by Crippen LogP contribution is -2.01. The van der Waals surface area contributed by atoms with Crippen LogP contribution in [0.4, 0.5) is 0 Å². The number of benzene rings is 1. The summed E-state index contributed by atoms with van der Waals surface area (Å²) in [5, 5.41) is 0.567. The molecule has 0 aliphatic rings. The van der Waals surface area contributed by atoms with Crippen molar-refractivity contribution in [1.29, 1.82) is 0 Å². The van der Waals surface area contributed by atoms with E-state index in [2.05, 4.69) is 6.92 Å². The van der Waals surface area contributed by atoms with E-state index >= 15 is 0 Å². The number of ether oxygens (including phenoxy) is 1. The Labute approximate surface area is 95.2 Å². The molecule has 1 aromatic carbocycles. The average molecular weight is 227 g/mol. The lowest BCUT2D eigenvalue weighted by molar-refractivity contribution is 0.111. The Balaban J connectivity index is 2.89. The number of carbonyl (C=O) groups is 1. The van der Waals surface area contributed by atoms with Gasteiger partial charge in [0.05, 0.1) is 12.2 Å². The fraction of sp³-hybridized carbons (Fsp3) is 0.417. The van der Waals surface area contributed by atoms with E-state index in [4.69, 9.17) is 16.3 Å². The van der Waals surface area contributed by atoms with Gasteiger partial charge in [-0.05, 0) is 31.0 Å². The maximum Gasteiger partial charge on any atom is 0.153 e. The normalized spacial score (nSPS) is 10.1. The van der Waals surface area contributed by atoms with Gasteiger partial charge in [0, 0.05) is 5.02 Å². The van der Waals surface area contributed by atoms with Crippen LogP contribution in [0.1, 0.15) is 35.7 Å². The summed E-state index contributed by atoms with van der Waals surface area (Å²) in [6, 6.07) is 3.43. The standard InChI is InChI=1S/C12H15ClO2/c1-3-4-5-15-12-9(2)6-11(13)7-10(12)8-14/h6-8H,3-5H2,1-2H3. The van der Waals surface area contributed by atoms with E-state index in [0.717, 1.165) is 24.7 Å². The summed E-state index contributed by atoms with van der Waals surface area (Å²) in [5.41, 5.74) is 1.43. The molecule has 2 nitrogen and oxygen atoms in total. The number of aryl methyl sites for hydroxylation is 1. The van der Waals surface area contributed by atoms with Gasteiger partial charge in [-0.1, -0.05) is 24.9 Å². The molecule has 1 aromatic rings. The maximum absolute atomic E-state index is 10.8. The highest BCUT2D eigenvalue weighted by molar-refractivity contribution is 6.31. The zero-order valence-electron chi connectivity index (χ0n) is 9.05. The van der Waals surface area contributed by atoms with Gasteiger partial charge >= 0.3 is 0 Å². The third-order valence-corrected chi connectivity index (χ3v) is 2.36. The monoisotopic (exact) mass is 226 g/mol. The molecule has 0 saturated carbocycles. The lowest BCUT2D eigenvalue weighted by atomic mass is 10.1. The molecule has 0 amide bonds. The Morgan fingerprint density at radius 1 is 1.47 bits per heavy atom. The molecule has 82 valence electrons. The SMILES string of the molecule is CCCCOc1c(C)cc(Cl)cc1C=O. The molecule has 0 heterocycles. The molecule has 0 spiro atoms. The molecule has 0 aliphatic heterocycles. The molecule has 0 radical (unpaired) electrons. The fourth-order valence-corrected chi connectivity index (χ4v) is 1.64. The van der Waals surface area contributed by atoms with Crippen LogP contribution in [0.3, 0.4) is 0 Å². The van der Waals surface area contributed by atoms with E-state index in [0.29, 0.717) is 22.9 Å². The van der Waals surface area contributed by atoms with Crippen LogP contribution in [0.25, 0.3) is 0 Å². The van der Waals surface area contributed by atoms with Crippen molar-refractivity contribution in [2.45, 2.75) is 26.7 Å². The van der Waals surface area contributed by atoms with E-state index in [1.807, 2.05) is 6.92 Å². The summed E-state index contributed by atoms with van der Waals surface area (Å²) in [6.45, 7) is 4.62. The van der Waals surface area contributed by atoms with Gasteiger partial charge in [0.15, 0.2) is 6.29 Å². The van der Waals surface area contributed by atoms with Crippen molar-refractivity contribution in [3.63, 3.8) is 0 Å². The fourth-order valence-electron chi connectivity index (χ4n) is 1.36. The Kier molecular flexibility index (Phi) is 4.63. The number of carbonyl (C=O) groups excluding carboxylic acids is 1. The van der Waals surface area contributed by atoms with Crippen LogP contribution in [0.2, 0.25) is 5.02 Å². The van der Waals surface area contributed by atoms with E-state index in [-0.39, 0.29) is 0 Å². The van der Waals surface area contributed by atoms with Crippen molar-refractivity contribution in [2.75, 3.05) is 6.61 Å². The quantitative estimate of drug-likeness (QED) is 0.566. The van der Waals surface area contributed by atoms with Gasteiger partial charge in [-0.2, -0.15) is 0 Å². The van der Waals surface area contributed by atoms with Crippen LogP contribution in [-0.4, -0.2) is 12.9 Å². The second-order valence-electron chi connectivity index (χ2n) is 3.46. The molecule has 3 heteroatoms. The number of unbranched alkanes of at least 4 members (excludes halogenated alkanes) is 1. The molecule has 1 rings (SSSR count). The molecular formula is C12H15ClO2.